The Balaban J connectivity index is 2.62. The second kappa shape index (κ2) is 8.33. The molecule has 2 atom stereocenters. The highest BCUT2D eigenvalue weighted by Gasteiger charge is 2.37. The number of amides is 2. The highest BCUT2D eigenvalue weighted by Crippen LogP contribution is 2.20. The van der Waals surface area contributed by atoms with Crippen LogP contribution < -0.4 is 11.2 Å². The van der Waals surface area contributed by atoms with Gasteiger partial charge in [-0.15, -0.1) is 0 Å². The van der Waals surface area contributed by atoms with E-state index in [1.165, 1.54) is 4.90 Å². The van der Waals surface area contributed by atoms with Crippen LogP contribution in [-0.4, -0.2) is 47.7 Å². The van der Waals surface area contributed by atoms with Gasteiger partial charge in [0.15, 0.2) is 0 Å². The van der Waals surface area contributed by atoms with Crippen molar-refractivity contribution in [2.45, 2.75) is 71.1 Å². The number of hydrogen-bond donors (Lipinski definition) is 2. The van der Waals surface area contributed by atoms with E-state index < -0.39 is 23.6 Å². The molecule has 0 radical (unpaired) electrons. The van der Waals surface area contributed by atoms with Gasteiger partial charge < -0.3 is 15.3 Å². The summed E-state index contributed by atoms with van der Waals surface area (Å²) in [5.74, 6) is -0.504. The molecule has 3 N–H and O–H groups in total. The number of hydrogen-bond acceptors (Lipinski definition) is 5. The molecule has 1 aliphatic rings. The molecule has 1 aliphatic heterocycles. The van der Waals surface area contributed by atoms with E-state index in [1.54, 1.807) is 20.8 Å². The van der Waals surface area contributed by atoms with Gasteiger partial charge in [0.25, 0.3) is 0 Å². The van der Waals surface area contributed by atoms with Crippen molar-refractivity contribution in [3.63, 3.8) is 0 Å². The fourth-order valence-electron chi connectivity index (χ4n) is 2.28. The molecule has 2 amide bonds. The molecule has 7 nitrogen and oxygen atoms in total. The van der Waals surface area contributed by atoms with Gasteiger partial charge in [0.1, 0.15) is 11.6 Å². The normalized spacial score (nSPS) is 22.5. The summed E-state index contributed by atoms with van der Waals surface area (Å²) in [6.45, 7) is 8.42. The summed E-state index contributed by atoms with van der Waals surface area (Å²) in [7, 11) is 0. The predicted molar refractivity (Wildman–Crippen MR) is 82.9 cm³/mol. The minimum absolute atomic E-state index is 0.0278. The van der Waals surface area contributed by atoms with Crippen molar-refractivity contribution < 1.29 is 19.2 Å². The number of nitrogens with one attached hydrogen (secondary N) is 1. The molecule has 0 spiro atoms. The Kier molecular flexibility index (Phi) is 7.09. The molecule has 0 saturated carbocycles. The fraction of sp³-hybridized carbons (Fsp3) is 0.867. The number of hydroxylamine groups is 1. The maximum absolute atomic E-state index is 12.3. The standard InChI is InChI=1S/C15H29N3O4/c1-5-6-9-21-17-11-7-8-12(13(16)19)18(10-11)14(20)22-15(2,3)4/h11-12,17H,5-10H2,1-4H3,(H2,16,19)/t11-,12+/m1/s1. The van der Waals surface area contributed by atoms with Gasteiger partial charge >= 0.3 is 6.09 Å². The second-order valence-electron chi connectivity index (χ2n) is 6.65. The first-order chi connectivity index (χ1) is 10.2. The minimum Gasteiger partial charge on any atom is -0.444 e. The zero-order chi connectivity index (χ0) is 16.8. The van der Waals surface area contributed by atoms with Gasteiger partial charge in [0, 0.05) is 6.54 Å². The van der Waals surface area contributed by atoms with Crippen LogP contribution >= 0.6 is 0 Å². The van der Waals surface area contributed by atoms with Crippen LogP contribution in [0.1, 0.15) is 53.4 Å². The van der Waals surface area contributed by atoms with Crippen LogP contribution in [0.4, 0.5) is 4.79 Å². The molecule has 0 aromatic carbocycles. The average molecular weight is 315 g/mol. The van der Waals surface area contributed by atoms with Crippen LogP contribution in [0.5, 0.6) is 0 Å². The Hall–Kier alpha value is -1.34. The van der Waals surface area contributed by atoms with Crippen molar-refractivity contribution in [2.75, 3.05) is 13.2 Å². The summed E-state index contributed by atoms with van der Waals surface area (Å²) in [4.78, 5) is 30.6. The molecular formula is C15H29N3O4. The summed E-state index contributed by atoms with van der Waals surface area (Å²) < 4.78 is 5.36. The number of carbonyl (C=O) groups is 2. The minimum atomic E-state index is -0.622. The van der Waals surface area contributed by atoms with Gasteiger partial charge in [0.2, 0.25) is 5.91 Å². The first-order valence-electron chi connectivity index (χ1n) is 7.91. The van der Waals surface area contributed by atoms with Gasteiger partial charge in [-0.2, -0.15) is 5.48 Å². The quantitative estimate of drug-likeness (QED) is 0.573. The number of unbranched alkanes of at least 4 members (excludes halogenated alkanes) is 1. The molecule has 1 fully saturated rings. The van der Waals surface area contributed by atoms with Crippen molar-refractivity contribution in [2.24, 2.45) is 5.73 Å². The fourth-order valence-corrected chi connectivity index (χ4v) is 2.28. The smallest absolute Gasteiger partial charge is 0.411 e. The molecule has 1 heterocycles. The molecule has 0 aliphatic carbocycles. The maximum atomic E-state index is 12.3. The summed E-state index contributed by atoms with van der Waals surface area (Å²) >= 11 is 0. The molecule has 0 aromatic rings. The molecule has 22 heavy (non-hydrogen) atoms. The Morgan fingerprint density at radius 2 is 2.00 bits per heavy atom. The zero-order valence-corrected chi connectivity index (χ0v) is 14.1. The Morgan fingerprint density at radius 1 is 1.32 bits per heavy atom. The number of primary amides is 1. The third-order valence-electron chi connectivity index (χ3n) is 3.39. The lowest BCUT2D eigenvalue weighted by Gasteiger charge is -2.38. The lowest BCUT2D eigenvalue weighted by atomic mass is 9.99. The molecular weight excluding hydrogens is 286 g/mol. The summed E-state index contributed by atoms with van der Waals surface area (Å²) in [5.41, 5.74) is 7.75. The number of rotatable bonds is 6. The van der Waals surface area contributed by atoms with E-state index in [9.17, 15) is 9.59 Å². The van der Waals surface area contributed by atoms with E-state index >= 15 is 0 Å². The third kappa shape index (κ3) is 6.19. The van der Waals surface area contributed by atoms with Gasteiger partial charge in [-0.1, -0.05) is 13.3 Å². The number of carbonyl (C=O) groups excluding carboxylic acids is 2. The monoisotopic (exact) mass is 315 g/mol. The second-order valence-corrected chi connectivity index (χ2v) is 6.65. The van der Waals surface area contributed by atoms with Crippen molar-refractivity contribution in [1.82, 2.24) is 10.4 Å². The predicted octanol–water partition coefficient (Wildman–Crippen LogP) is 1.56. The van der Waals surface area contributed by atoms with Crippen LogP contribution in [0.2, 0.25) is 0 Å². The number of ether oxygens (including phenoxy) is 1. The largest absolute Gasteiger partial charge is 0.444 e. The van der Waals surface area contributed by atoms with Crippen LogP contribution in [0, 0.1) is 0 Å². The summed E-state index contributed by atoms with van der Waals surface area (Å²) in [6.07, 6.45) is 2.73. The average Bonchev–Trinajstić information content (AvgIpc) is 2.41. The first kappa shape index (κ1) is 18.7. The van der Waals surface area contributed by atoms with Crippen LogP contribution in [-0.2, 0) is 14.4 Å². The summed E-state index contributed by atoms with van der Waals surface area (Å²) in [5, 5.41) is 0. The molecule has 0 bridgehead atoms. The van der Waals surface area contributed by atoms with E-state index in [0.717, 1.165) is 19.3 Å². The third-order valence-corrected chi connectivity index (χ3v) is 3.39. The van der Waals surface area contributed by atoms with Crippen LogP contribution in [0.25, 0.3) is 0 Å². The number of nitrogens with two attached hydrogens (primary N) is 1. The number of nitrogens with zero attached hydrogens (tertiary/aromatic N) is 1. The van der Waals surface area contributed by atoms with E-state index in [0.29, 0.717) is 19.6 Å². The first-order valence-corrected chi connectivity index (χ1v) is 7.91. The van der Waals surface area contributed by atoms with Gasteiger partial charge in [-0.25, -0.2) is 4.79 Å². The Morgan fingerprint density at radius 3 is 2.55 bits per heavy atom. The maximum Gasteiger partial charge on any atom is 0.411 e. The van der Waals surface area contributed by atoms with Crippen molar-refractivity contribution in [1.29, 1.82) is 0 Å². The van der Waals surface area contributed by atoms with Crippen LogP contribution in [0.15, 0.2) is 0 Å². The van der Waals surface area contributed by atoms with E-state index in [1.807, 2.05) is 0 Å². The zero-order valence-electron chi connectivity index (χ0n) is 14.1. The van der Waals surface area contributed by atoms with Crippen molar-refractivity contribution in [3.05, 3.63) is 0 Å². The molecule has 0 unspecified atom stereocenters. The topological polar surface area (TPSA) is 93.9 Å². The molecule has 128 valence electrons. The number of likely N-dealkylation sites (tertiary alicyclic amines) is 1. The summed E-state index contributed by atoms with van der Waals surface area (Å²) in [6, 6.07) is -0.650. The Bertz CT molecular complexity index is 381. The molecule has 1 rings (SSSR count). The number of piperidine rings is 1. The molecule has 7 heteroatoms. The van der Waals surface area contributed by atoms with Crippen LogP contribution in [0.3, 0.4) is 0 Å². The van der Waals surface area contributed by atoms with Gasteiger partial charge in [-0.3, -0.25) is 9.69 Å². The van der Waals surface area contributed by atoms with E-state index in [4.69, 9.17) is 15.3 Å². The lowest BCUT2D eigenvalue weighted by Crippen LogP contribution is -2.57. The Labute approximate surface area is 132 Å². The molecule has 1 saturated heterocycles. The lowest BCUT2D eigenvalue weighted by molar-refractivity contribution is -0.125. The van der Waals surface area contributed by atoms with E-state index in [2.05, 4.69) is 12.4 Å². The van der Waals surface area contributed by atoms with E-state index in [-0.39, 0.29) is 6.04 Å². The van der Waals surface area contributed by atoms with Crippen molar-refractivity contribution >= 4 is 12.0 Å². The highest BCUT2D eigenvalue weighted by atomic mass is 16.6. The van der Waals surface area contributed by atoms with Gasteiger partial charge in [-0.05, 0) is 40.0 Å². The van der Waals surface area contributed by atoms with Gasteiger partial charge in [0.05, 0.1) is 12.6 Å². The molecule has 0 aromatic heterocycles. The SMILES string of the molecule is CCCCON[C@@H]1CC[C@@H](C(N)=O)N(C(=O)OC(C)(C)C)C1. The van der Waals surface area contributed by atoms with Crippen molar-refractivity contribution in [3.8, 4) is 0 Å². The highest BCUT2D eigenvalue weighted by molar-refractivity contribution is 5.84.